The van der Waals surface area contributed by atoms with Crippen molar-refractivity contribution >= 4 is 5.91 Å². The number of amides is 1. The average molecular weight is 276 g/mol. The van der Waals surface area contributed by atoms with Crippen LogP contribution in [0.25, 0.3) is 0 Å². The lowest BCUT2D eigenvalue weighted by molar-refractivity contribution is 0.0924. The number of nitrogens with two attached hydrogens (primary N) is 1. The summed E-state index contributed by atoms with van der Waals surface area (Å²) >= 11 is 0. The highest BCUT2D eigenvalue weighted by Gasteiger charge is 2.15. The van der Waals surface area contributed by atoms with Crippen LogP contribution in [-0.2, 0) is 6.54 Å². The third-order valence-corrected chi connectivity index (χ3v) is 3.05. The van der Waals surface area contributed by atoms with E-state index in [0.717, 1.165) is 11.3 Å². The van der Waals surface area contributed by atoms with Gasteiger partial charge in [-0.1, -0.05) is 0 Å². The fourth-order valence-corrected chi connectivity index (χ4v) is 2.00. The monoisotopic (exact) mass is 276 g/mol. The molecule has 2 rings (SSSR count). The number of nitrogens with zero attached hydrogens (tertiary/aromatic N) is 2. The van der Waals surface area contributed by atoms with Gasteiger partial charge in [-0.3, -0.25) is 14.8 Å². The molecule has 0 radical (unpaired) electrons. The van der Waals surface area contributed by atoms with E-state index in [-0.39, 0.29) is 11.4 Å². The Kier molecular flexibility index (Phi) is 3.71. The first-order valence-corrected chi connectivity index (χ1v) is 6.07. The minimum absolute atomic E-state index is 0.116. The van der Waals surface area contributed by atoms with Crippen LogP contribution in [0.4, 0.5) is 0 Å². The molecule has 2 heterocycles. The number of aryl methyl sites for hydroxylation is 3. The number of hydrazine groups is 1. The van der Waals surface area contributed by atoms with Gasteiger partial charge in [0.1, 0.15) is 5.76 Å². The van der Waals surface area contributed by atoms with Gasteiger partial charge in [-0.25, -0.2) is 10.6 Å². The summed E-state index contributed by atoms with van der Waals surface area (Å²) in [6.45, 7) is 5.63. The van der Waals surface area contributed by atoms with Crippen LogP contribution in [0, 0.1) is 20.8 Å². The van der Waals surface area contributed by atoms with Crippen molar-refractivity contribution < 1.29 is 9.21 Å². The van der Waals surface area contributed by atoms with E-state index < -0.39 is 5.91 Å². The SMILES string of the molecule is Cc1cc(C)n(Cc2cc(C(=O)NN)oc2C)c(=O)n1. The van der Waals surface area contributed by atoms with Gasteiger partial charge in [0.05, 0.1) is 6.54 Å². The number of hydrogen-bond acceptors (Lipinski definition) is 5. The zero-order valence-electron chi connectivity index (χ0n) is 11.6. The Labute approximate surface area is 115 Å². The summed E-state index contributed by atoms with van der Waals surface area (Å²) in [6, 6.07) is 3.40. The van der Waals surface area contributed by atoms with Gasteiger partial charge in [0.25, 0.3) is 0 Å². The molecule has 0 spiro atoms. The zero-order valence-corrected chi connectivity index (χ0v) is 11.6. The number of carbonyl (C=O) groups is 1. The van der Waals surface area contributed by atoms with Gasteiger partial charge in [0.2, 0.25) is 0 Å². The maximum Gasteiger partial charge on any atom is 0.348 e. The van der Waals surface area contributed by atoms with Crippen molar-refractivity contribution in [3.05, 3.63) is 51.1 Å². The van der Waals surface area contributed by atoms with Crippen molar-refractivity contribution in [2.24, 2.45) is 5.84 Å². The number of aromatic nitrogens is 2. The Morgan fingerprint density at radius 3 is 2.70 bits per heavy atom. The molecule has 0 aromatic carbocycles. The number of nitrogen functional groups attached to an aromatic ring is 1. The summed E-state index contributed by atoms with van der Waals surface area (Å²) < 4.78 is 6.84. The number of carbonyl (C=O) groups excluding carboxylic acids is 1. The Bertz CT molecular complexity index is 715. The molecule has 1 amide bonds. The van der Waals surface area contributed by atoms with Crippen molar-refractivity contribution in [2.45, 2.75) is 27.3 Å². The minimum atomic E-state index is -0.509. The van der Waals surface area contributed by atoms with E-state index in [1.165, 1.54) is 4.57 Å². The van der Waals surface area contributed by atoms with Crippen molar-refractivity contribution in [3.63, 3.8) is 0 Å². The number of nitrogens with one attached hydrogen (secondary N) is 1. The van der Waals surface area contributed by atoms with Crippen molar-refractivity contribution in [1.82, 2.24) is 15.0 Å². The third kappa shape index (κ3) is 2.62. The van der Waals surface area contributed by atoms with E-state index in [4.69, 9.17) is 10.3 Å². The van der Waals surface area contributed by atoms with Crippen LogP contribution < -0.4 is 17.0 Å². The van der Waals surface area contributed by atoms with E-state index in [0.29, 0.717) is 18.0 Å². The lowest BCUT2D eigenvalue weighted by Crippen LogP contribution is -2.29. The first-order chi connectivity index (χ1) is 9.42. The minimum Gasteiger partial charge on any atom is -0.456 e. The molecule has 2 aromatic heterocycles. The molecule has 0 saturated heterocycles. The fraction of sp³-hybridized carbons (Fsp3) is 0.308. The molecule has 7 heteroatoms. The quantitative estimate of drug-likeness (QED) is 0.480. The summed E-state index contributed by atoms with van der Waals surface area (Å²) in [5.74, 6) is 5.23. The molecule has 0 atom stereocenters. The van der Waals surface area contributed by atoms with Crippen LogP contribution in [0.1, 0.15) is 33.3 Å². The molecule has 0 aliphatic heterocycles. The molecule has 2 aromatic rings. The maximum atomic E-state index is 11.9. The third-order valence-electron chi connectivity index (χ3n) is 3.05. The zero-order chi connectivity index (χ0) is 14.9. The van der Waals surface area contributed by atoms with Gasteiger partial charge in [-0.15, -0.1) is 0 Å². The average Bonchev–Trinajstić information content (AvgIpc) is 2.74. The van der Waals surface area contributed by atoms with Crippen molar-refractivity contribution in [2.75, 3.05) is 0 Å². The molecule has 0 fully saturated rings. The molecule has 7 nitrogen and oxygen atoms in total. The smallest absolute Gasteiger partial charge is 0.348 e. The molecular formula is C13H16N4O3. The van der Waals surface area contributed by atoms with Gasteiger partial charge in [-0.2, -0.15) is 4.98 Å². The molecule has 106 valence electrons. The van der Waals surface area contributed by atoms with Crippen LogP contribution in [-0.4, -0.2) is 15.5 Å². The van der Waals surface area contributed by atoms with Crippen molar-refractivity contribution in [1.29, 1.82) is 0 Å². The predicted octanol–water partition coefficient (Wildman–Crippen LogP) is 0.413. The largest absolute Gasteiger partial charge is 0.456 e. The Morgan fingerprint density at radius 2 is 2.10 bits per heavy atom. The highest BCUT2D eigenvalue weighted by molar-refractivity contribution is 5.91. The molecule has 20 heavy (non-hydrogen) atoms. The van der Waals surface area contributed by atoms with Gasteiger partial charge < -0.3 is 4.42 Å². The first-order valence-electron chi connectivity index (χ1n) is 6.07. The lowest BCUT2D eigenvalue weighted by atomic mass is 10.2. The standard InChI is InChI=1S/C13H16N4O3/c1-7-4-8(2)17(13(19)15-7)6-10-5-11(12(18)16-14)20-9(10)3/h4-5H,6,14H2,1-3H3,(H,16,18). The van der Waals surface area contributed by atoms with Crippen LogP contribution in [0.3, 0.4) is 0 Å². The van der Waals surface area contributed by atoms with E-state index in [1.54, 1.807) is 19.9 Å². The van der Waals surface area contributed by atoms with E-state index in [1.807, 2.05) is 18.4 Å². The molecule has 0 aliphatic carbocycles. The van der Waals surface area contributed by atoms with Crippen LogP contribution in [0.5, 0.6) is 0 Å². The molecule has 0 saturated carbocycles. The van der Waals surface area contributed by atoms with Crippen LogP contribution in [0.2, 0.25) is 0 Å². The van der Waals surface area contributed by atoms with E-state index in [2.05, 4.69) is 4.98 Å². The van der Waals surface area contributed by atoms with Gasteiger partial charge in [0.15, 0.2) is 5.76 Å². The first kappa shape index (κ1) is 14.0. The number of furan rings is 1. The summed E-state index contributed by atoms with van der Waals surface area (Å²) in [5.41, 5.74) is 3.89. The normalized spacial score (nSPS) is 10.6. The lowest BCUT2D eigenvalue weighted by Gasteiger charge is -2.08. The molecule has 3 N–H and O–H groups in total. The highest BCUT2D eigenvalue weighted by atomic mass is 16.4. The second kappa shape index (κ2) is 5.30. The maximum absolute atomic E-state index is 11.9. The topological polar surface area (TPSA) is 103 Å². The van der Waals surface area contributed by atoms with E-state index >= 15 is 0 Å². The van der Waals surface area contributed by atoms with Gasteiger partial charge in [-0.05, 0) is 32.9 Å². The molecule has 0 unspecified atom stereocenters. The summed E-state index contributed by atoms with van der Waals surface area (Å²) in [6.07, 6.45) is 0. The Morgan fingerprint density at radius 1 is 1.40 bits per heavy atom. The number of rotatable bonds is 3. The summed E-state index contributed by atoms with van der Waals surface area (Å²) in [5, 5.41) is 0. The Hall–Kier alpha value is -2.41. The predicted molar refractivity (Wildman–Crippen MR) is 72.2 cm³/mol. The highest BCUT2D eigenvalue weighted by Crippen LogP contribution is 2.16. The van der Waals surface area contributed by atoms with E-state index in [9.17, 15) is 9.59 Å². The summed E-state index contributed by atoms with van der Waals surface area (Å²) in [7, 11) is 0. The van der Waals surface area contributed by atoms with Gasteiger partial charge >= 0.3 is 11.6 Å². The van der Waals surface area contributed by atoms with Crippen molar-refractivity contribution in [3.8, 4) is 0 Å². The summed E-state index contributed by atoms with van der Waals surface area (Å²) in [4.78, 5) is 27.2. The molecule has 0 aliphatic rings. The van der Waals surface area contributed by atoms with Gasteiger partial charge in [0, 0.05) is 17.0 Å². The Balaban J connectivity index is 2.38. The number of hydrogen-bond donors (Lipinski definition) is 2. The second-order valence-electron chi connectivity index (χ2n) is 4.57. The molecular weight excluding hydrogens is 260 g/mol. The second-order valence-corrected chi connectivity index (χ2v) is 4.57. The molecule has 0 bridgehead atoms. The fourth-order valence-electron chi connectivity index (χ4n) is 2.00. The van der Waals surface area contributed by atoms with Crippen LogP contribution >= 0.6 is 0 Å². The van der Waals surface area contributed by atoms with Crippen LogP contribution in [0.15, 0.2) is 21.3 Å².